The molecule has 0 radical (unpaired) electrons. The Labute approximate surface area is 84.7 Å². The molecule has 1 aromatic rings. The van der Waals surface area contributed by atoms with Crippen molar-refractivity contribution in [3.63, 3.8) is 0 Å². The van der Waals surface area contributed by atoms with Gasteiger partial charge < -0.3 is 15.2 Å². The Bertz CT molecular complexity index is 257. The second-order valence-electron chi connectivity index (χ2n) is 4.00. The van der Waals surface area contributed by atoms with Crippen molar-refractivity contribution in [1.82, 2.24) is 14.5 Å². The summed E-state index contributed by atoms with van der Waals surface area (Å²) in [6, 6.07) is 0.381. The fourth-order valence-corrected chi connectivity index (χ4v) is 1.97. The van der Waals surface area contributed by atoms with Gasteiger partial charge in [0.15, 0.2) is 0 Å². The summed E-state index contributed by atoms with van der Waals surface area (Å²) in [5.74, 6) is 0. The van der Waals surface area contributed by atoms with E-state index in [-0.39, 0.29) is 0 Å². The summed E-state index contributed by atoms with van der Waals surface area (Å²) >= 11 is 0. The first kappa shape index (κ1) is 9.68. The number of piperidine rings is 1. The maximum absolute atomic E-state index is 5.91. The molecule has 1 fully saturated rings. The molecule has 0 spiro atoms. The standard InChI is InChI=1S/C10H18N4/c11-10-2-1-4-13(8-10)6-7-14-5-3-12-9-14/h3,5,9-10H,1-2,4,6-8,11H2. The fourth-order valence-electron chi connectivity index (χ4n) is 1.97. The molecule has 1 atom stereocenters. The van der Waals surface area contributed by atoms with E-state index in [1.54, 1.807) is 0 Å². The summed E-state index contributed by atoms with van der Waals surface area (Å²) in [5.41, 5.74) is 5.91. The summed E-state index contributed by atoms with van der Waals surface area (Å²) in [5, 5.41) is 0. The van der Waals surface area contributed by atoms with E-state index >= 15 is 0 Å². The second kappa shape index (κ2) is 4.57. The molecule has 2 rings (SSSR count). The van der Waals surface area contributed by atoms with Crippen LogP contribution in [0.25, 0.3) is 0 Å². The van der Waals surface area contributed by atoms with Gasteiger partial charge in [0.25, 0.3) is 0 Å². The third-order valence-corrected chi connectivity index (χ3v) is 2.78. The number of likely N-dealkylation sites (tertiary alicyclic amines) is 1. The molecule has 78 valence electrons. The second-order valence-corrected chi connectivity index (χ2v) is 4.00. The van der Waals surface area contributed by atoms with Gasteiger partial charge in [-0.05, 0) is 19.4 Å². The van der Waals surface area contributed by atoms with Crippen LogP contribution in [0.5, 0.6) is 0 Å². The van der Waals surface area contributed by atoms with Gasteiger partial charge in [0.2, 0.25) is 0 Å². The number of nitrogens with zero attached hydrogens (tertiary/aromatic N) is 3. The summed E-state index contributed by atoms with van der Waals surface area (Å²) in [6.45, 7) is 4.36. The van der Waals surface area contributed by atoms with Gasteiger partial charge in [-0.3, -0.25) is 0 Å². The van der Waals surface area contributed by atoms with Gasteiger partial charge in [0.05, 0.1) is 6.33 Å². The lowest BCUT2D eigenvalue weighted by Gasteiger charge is -2.30. The Morgan fingerprint density at radius 1 is 1.43 bits per heavy atom. The van der Waals surface area contributed by atoms with Crippen LogP contribution >= 0.6 is 0 Å². The quantitative estimate of drug-likeness (QED) is 0.753. The molecular weight excluding hydrogens is 176 g/mol. The predicted molar refractivity (Wildman–Crippen MR) is 55.9 cm³/mol. The van der Waals surface area contributed by atoms with Crippen molar-refractivity contribution in [2.75, 3.05) is 19.6 Å². The SMILES string of the molecule is NC1CCCN(CCn2ccnc2)C1. The molecule has 1 aliphatic rings. The lowest BCUT2D eigenvalue weighted by Crippen LogP contribution is -2.43. The van der Waals surface area contributed by atoms with E-state index in [0.29, 0.717) is 6.04 Å². The third kappa shape index (κ3) is 2.56. The van der Waals surface area contributed by atoms with Gasteiger partial charge in [-0.15, -0.1) is 0 Å². The van der Waals surface area contributed by atoms with Crippen molar-refractivity contribution in [2.24, 2.45) is 5.73 Å². The largest absolute Gasteiger partial charge is 0.336 e. The summed E-state index contributed by atoms with van der Waals surface area (Å²) in [7, 11) is 0. The number of aromatic nitrogens is 2. The van der Waals surface area contributed by atoms with Crippen LogP contribution in [0.15, 0.2) is 18.7 Å². The number of rotatable bonds is 3. The van der Waals surface area contributed by atoms with E-state index in [0.717, 1.165) is 19.6 Å². The van der Waals surface area contributed by atoms with E-state index in [2.05, 4.69) is 14.5 Å². The Kier molecular flexibility index (Phi) is 3.16. The van der Waals surface area contributed by atoms with Crippen LogP contribution in [0.4, 0.5) is 0 Å². The first-order chi connectivity index (χ1) is 6.84. The number of nitrogens with two attached hydrogens (primary N) is 1. The molecule has 0 amide bonds. The van der Waals surface area contributed by atoms with Crippen molar-refractivity contribution in [1.29, 1.82) is 0 Å². The minimum Gasteiger partial charge on any atom is -0.336 e. The van der Waals surface area contributed by atoms with E-state index < -0.39 is 0 Å². The Morgan fingerprint density at radius 2 is 2.36 bits per heavy atom. The van der Waals surface area contributed by atoms with Crippen molar-refractivity contribution in [2.45, 2.75) is 25.4 Å². The molecular formula is C10H18N4. The molecule has 0 aromatic carbocycles. The van der Waals surface area contributed by atoms with Crippen molar-refractivity contribution >= 4 is 0 Å². The first-order valence-corrected chi connectivity index (χ1v) is 5.28. The average Bonchev–Trinajstić information content (AvgIpc) is 2.67. The van der Waals surface area contributed by atoms with Crippen LogP contribution < -0.4 is 5.73 Å². The summed E-state index contributed by atoms with van der Waals surface area (Å²) in [4.78, 5) is 6.46. The normalized spacial score (nSPS) is 23.9. The zero-order valence-electron chi connectivity index (χ0n) is 8.47. The average molecular weight is 194 g/mol. The number of hydrogen-bond donors (Lipinski definition) is 1. The number of hydrogen-bond acceptors (Lipinski definition) is 3. The van der Waals surface area contributed by atoms with E-state index in [1.807, 2.05) is 18.7 Å². The van der Waals surface area contributed by atoms with Gasteiger partial charge in [0.1, 0.15) is 0 Å². The van der Waals surface area contributed by atoms with Gasteiger partial charge in [-0.1, -0.05) is 0 Å². The molecule has 2 N–H and O–H groups in total. The van der Waals surface area contributed by atoms with Crippen LogP contribution in [0, 0.1) is 0 Å². The maximum Gasteiger partial charge on any atom is 0.0946 e. The molecule has 2 heterocycles. The third-order valence-electron chi connectivity index (χ3n) is 2.78. The maximum atomic E-state index is 5.91. The number of imidazole rings is 1. The molecule has 1 unspecified atom stereocenters. The van der Waals surface area contributed by atoms with E-state index in [1.165, 1.54) is 19.4 Å². The molecule has 0 aliphatic carbocycles. The predicted octanol–water partition coefficient (Wildman–Crippen LogP) is 0.306. The Hall–Kier alpha value is -0.870. The smallest absolute Gasteiger partial charge is 0.0946 e. The minimum absolute atomic E-state index is 0.381. The highest BCUT2D eigenvalue weighted by Gasteiger charge is 2.15. The van der Waals surface area contributed by atoms with Gasteiger partial charge in [-0.25, -0.2) is 4.98 Å². The molecule has 4 heteroatoms. The summed E-state index contributed by atoms with van der Waals surface area (Å²) in [6.07, 6.45) is 8.11. The molecule has 1 saturated heterocycles. The molecule has 14 heavy (non-hydrogen) atoms. The lowest BCUT2D eigenvalue weighted by molar-refractivity contribution is 0.202. The highest BCUT2D eigenvalue weighted by Crippen LogP contribution is 2.07. The monoisotopic (exact) mass is 194 g/mol. The van der Waals surface area contributed by atoms with Crippen LogP contribution in [-0.4, -0.2) is 40.1 Å². The fraction of sp³-hybridized carbons (Fsp3) is 0.700. The lowest BCUT2D eigenvalue weighted by atomic mass is 10.1. The zero-order chi connectivity index (χ0) is 9.80. The van der Waals surface area contributed by atoms with E-state index in [4.69, 9.17) is 5.73 Å². The molecule has 4 nitrogen and oxygen atoms in total. The van der Waals surface area contributed by atoms with Crippen LogP contribution in [0.1, 0.15) is 12.8 Å². The first-order valence-electron chi connectivity index (χ1n) is 5.28. The summed E-state index contributed by atoms with van der Waals surface area (Å²) < 4.78 is 2.11. The topological polar surface area (TPSA) is 47.1 Å². The van der Waals surface area contributed by atoms with Gasteiger partial charge in [-0.2, -0.15) is 0 Å². The van der Waals surface area contributed by atoms with Gasteiger partial charge >= 0.3 is 0 Å². The molecule has 0 bridgehead atoms. The highest BCUT2D eigenvalue weighted by atomic mass is 15.2. The Morgan fingerprint density at radius 3 is 3.07 bits per heavy atom. The van der Waals surface area contributed by atoms with Gasteiger partial charge in [0, 0.05) is 38.1 Å². The zero-order valence-corrected chi connectivity index (χ0v) is 8.47. The molecule has 1 aromatic heterocycles. The Balaban J connectivity index is 1.75. The highest BCUT2D eigenvalue weighted by molar-refractivity contribution is 4.77. The van der Waals surface area contributed by atoms with Crippen molar-refractivity contribution in [3.8, 4) is 0 Å². The van der Waals surface area contributed by atoms with Crippen molar-refractivity contribution < 1.29 is 0 Å². The van der Waals surface area contributed by atoms with E-state index in [9.17, 15) is 0 Å². The molecule has 0 saturated carbocycles. The van der Waals surface area contributed by atoms with Crippen LogP contribution in [0.2, 0.25) is 0 Å². The van der Waals surface area contributed by atoms with Crippen molar-refractivity contribution in [3.05, 3.63) is 18.7 Å². The minimum atomic E-state index is 0.381. The molecule has 1 aliphatic heterocycles. The van der Waals surface area contributed by atoms with Crippen LogP contribution in [-0.2, 0) is 6.54 Å². The van der Waals surface area contributed by atoms with Crippen LogP contribution in [0.3, 0.4) is 0 Å².